The van der Waals surface area contributed by atoms with Crippen LogP contribution in [0.4, 0.5) is 18.9 Å². The van der Waals surface area contributed by atoms with Gasteiger partial charge in [-0.05, 0) is 44.4 Å². The summed E-state index contributed by atoms with van der Waals surface area (Å²) in [5, 5.41) is 12.4. The Hall–Kier alpha value is -2.00. The minimum absolute atomic E-state index is 0.0495. The molecule has 32 heavy (non-hydrogen) atoms. The summed E-state index contributed by atoms with van der Waals surface area (Å²) in [5.41, 5.74) is 0.00317. The monoisotopic (exact) mass is 487 g/mol. The van der Waals surface area contributed by atoms with E-state index in [-0.39, 0.29) is 22.4 Å². The number of rotatable bonds is 10. The van der Waals surface area contributed by atoms with E-state index in [1.54, 1.807) is 32.1 Å². The highest BCUT2D eigenvalue weighted by molar-refractivity contribution is 8.00. The normalized spacial score (nSPS) is 13.5. The van der Waals surface area contributed by atoms with Gasteiger partial charge >= 0.3 is 0 Å². The number of benzene rings is 2. The highest BCUT2D eigenvalue weighted by Crippen LogP contribution is 2.34. The lowest BCUT2D eigenvalue weighted by molar-refractivity contribution is -0.182. The van der Waals surface area contributed by atoms with Crippen LogP contribution >= 0.6 is 23.4 Å². The molecule has 2 aromatic carbocycles. The van der Waals surface area contributed by atoms with Crippen molar-refractivity contribution in [2.24, 2.45) is 5.92 Å². The maximum Gasteiger partial charge on any atom is 0.255 e. The van der Waals surface area contributed by atoms with Gasteiger partial charge in [0.25, 0.3) is 5.91 Å². The highest BCUT2D eigenvalue weighted by atomic mass is 35.5. The van der Waals surface area contributed by atoms with Gasteiger partial charge < -0.3 is 15.2 Å². The fourth-order valence-electron chi connectivity index (χ4n) is 2.73. The third kappa shape index (κ3) is 7.85. The Morgan fingerprint density at radius 2 is 1.91 bits per heavy atom. The van der Waals surface area contributed by atoms with Crippen LogP contribution in [0.3, 0.4) is 0 Å². The molecule has 2 N–H and O–H groups in total. The summed E-state index contributed by atoms with van der Waals surface area (Å²) in [6.07, 6.45) is 2.45. The molecule has 0 aromatic heterocycles. The van der Waals surface area contributed by atoms with E-state index in [2.05, 4.69) is 11.9 Å². The van der Waals surface area contributed by atoms with E-state index in [0.29, 0.717) is 35.1 Å². The molecule has 0 aliphatic heterocycles. The van der Waals surface area contributed by atoms with Crippen molar-refractivity contribution in [3.8, 4) is 0 Å². The van der Waals surface area contributed by atoms with Crippen LogP contribution in [0.5, 0.6) is 0 Å². The fourth-order valence-corrected chi connectivity index (χ4v) is 4.21. The number of aliphatic hydroxyl groups is 1. The average Bonchev–Trinajstić information content (AvgIpc) is 2.70. The Bertz CT molecular complexity index is 958. The van der Waals surface area contributed by atoms with Crippen molar-refractivity contribution >= 4 is 35.0 Å². The number of anilines is 1. The first-order chi connectivity index (χ1) is 14.9. The largest absolute Gasteiger partial charge is 0.366 e. The minimum atomic E-state index is -1.61. The molecule has 174 valence electrons. The molecule has 9 heteroatoms. The molecule has 0 spiro atoms. The van der Waals surface area contributed by atoms with Crippen LogP contribution in [-0.2, 0) is 4.74 Å². The number of halogens is 4. The number of thioether (sulfide) groups is 1. The van der Waals surface area contributed by atoms with Crippen molar-refractivity contribution < 1.29 is 27.8 Å². The molecule has 0 aliphatic carbocycles. The predicted octanol–water partition coefficient (Wildman–Crippen LogP) is 6.43. The molecule has 0 bridgehead atoms. The zero-order valence-electron chi connectivity index (χ0n) is 17.9. The SMILES string of the molecule is C=C[C@H](CC(C)COC(C)(C)O)Sc1cc(C(=O)Nc2cc(F)c(F)c(F)c2)ccc1Cl. The maximum absolute atomic E-state index is 13.4. The molecule has 0 saturated heterocycles. The van der Waals surface area contributed by atoms with E-state index < -0.39 is 29.1 Å². The van der Waals surface area contributed by atoms with Gasteiger partial charge in [-0.2, -0.15) is 0 Å². The Morgan fingerprint density at radius 3 is 2.47 bits per heavy atom. The first kappa shape index (κ1) is 26.3. The highest BCUT2D eigenvalue weighted by Gasteiger charge is 2.19. The molecule has 4 nitrogen and oxygen atoms in total. The van der Waals surface area contributed by atoms with Gasteiger partial charge in [0, 0.05) is 33.5 Å². The quantitative estimate of drug-likeness (QED) is 0.175. The Balaban J connectivity index is 2.10. The lowest BCUT2D eigenvalue weighted by Crippen LogP contribution is -2.26. The van der Waals surface area contributed by atoms with Gasteiger partial charge in [0.2, 0.25) is 0 Å². The van der Waals surface area contributed by atoms with Gasteiger partial charge in [-0.1, -0.05) is 24.6 Å². The molecule has 0 fully saturated rings. The molecule has 0 aliphatic rings. The smallest absolute Gasteiger partial charge is 0.255 e. The van der Waals surface area contributed by atoms with E-state index >= 15 is 0 Å². The van der Waals surface area contributed by atoms with Crippen molar-refractivity contribution in [3.63, 3.8) is 0 Å². The van der Waals surface area contributed by atoms with E-state index in [9.17, 15) is 23.1 Å². The van der Waals surface area contributed by atoms with Crippen LogP contribution in [0.1, 0.15) is 37.6 Å². The number of carbonyl (C=O) groups excluding carboxylic acids is 1. The van der Waals surface area contributed by atoms with Gasteiger partial charge in [0.05, 0.1) is 11.6 Å². The Labute approximate surface area is 194 Å². The molecule has 2 aromatic rings. The second-order valence-electron chi connectivity index (χ2n) is 7.84. The molecule has 1 unspecified atom stereocenters. The summed E-state index contributed by atoms with van der Waals surface area (Å²) in [7, 11) is 0. The van der Waals surface area contributed by atoms with Gasteiger partial charge in [0.15, 0.2) is 23.2 Å². The Morgan fingerprint density at radius 1 is 1.28 bits per heavy atom. The first-order valence-corrected chi connectivity index (χ1v) is 11.1. The third-order valence-electron chi connectivity index (χ3n) is 4.33. The minimum Gasteiger partial charge on any atom is -0.366 e. The molecular formula is C23H25ClF3NO3S. The van der Waals surface area contributed by atoms with Crippen LogP contribution in [0.15, 0.2) is 47.9 Å². The van der Waals surface area contributed by atoms with E-state index in [1.165, 1.54) is 17.8 Å². The second-order valence-corrected chi connectivity index (χ2v) is 9.53. The molecule has 0 radical (unpaired) electrons. The summed E-state index contributed by atoms with van der Waals surface area (Å²) in [4.78, 5) is 13.2. The molecule has 2 rings (SSSR count). The first-order valence-electron chi connectivity index (χ1n) is 9.80. The summed E-state index contributed by atoms with van der Waals surface area (Å²) in [6.45, 7) is 9.31. The van der Waals surface area contributed by atoms with Crippen LogP contribution in [0.2, 0.25) is 5.02 Å². The van der Waals surface area contributed by atoms with Crippen molar-refractivity contribution in [3.05, 3.63) is 71.0 Å². The third-order valence-corrected chi connectivity index (χ3v) is 6.05. The zero-order valence-corrected chi connectivity index (χ0v) is 19.5. The molecule has 1 amide bonds. The number of nitrogens with one attached hydrogen (secondary N) is 1. The number of hydrogen-bond acceptors (Lipinski definition) is 4. The van der Waals surface area contributed by atoms with Gasteiger partial charge in [0.1, 0.15) is 0 Å². The lowest BCUT2D eigenvalue weighted by Gasteiger charge is -2.23. The zero-order chi connectivity index (χ0) is 24.1. The summed E-state index contributed by atoms with van der Waals surface area (Å²) in [5.74, 6) is -6.13. The average molecular weight is 488 g/mol. The van der Waals surface area contributed by atoms with Crippen LogP contribution < -0.4 is 5.32 Å². The summed E-state index contributed by atoms with van der Waals surface area (Å²) < 4.78 is 45.3. The molecule has 0 heterocycles. The number of carbonyl (C=O) groups is 1. The van der Waals surface area contributed by atoms with Crippen LogP contribution in [-0.4, -0.2) is 28.7 Å². The van der Waals surface area contributed by atoms with Crippen molar-refractivity contribution in [2.45, 2.75) is 43.1 Å². The maximum atomic E-state index is 13.4. The summed E-state index contributed by atoms with van der Waals surface area (Å²) in [6, 6.07) is 5.98. The van der Waals surface area contributed by atoms with Crippen molar-refractivity contribution in [1.82, 2.24) is 0 Å². The van der Waals surface area contributed by atoms with Gasteiger partial charge in [-0.3, -0.25) is 4.79 Å². The lowest BCUT2D eigenvalue weighted by atomic mass is 10.1. The molecule has 2 atom stereocenters. The van der Waals surface area contributed by atoms with Crippen molar-refractivity contribution in [2.75, 3.05) is 11.9 Å². The predicted molar refractivity (Wildman–Crippen MR) is 122 cm³/mol. The fraction of sp³-hybridized carbons (Fsp3) is 0.348. The number of hydrogen-bond donors (Lipinski definition) is 2. The van der Waals surface area contributed by atoms with E-state index in [0.717, 1.165) is 0 Å². The van der Waals surface area contributed by atoms with Gasteiger partial charge in [-0.15, -0.1) is 18.3 Å². The van der Waals surface area contributed by atoms with Gasteiger partial charge in [-0.25, -0.2) is 13.2 Å². The molecular weight excluding hydrogens is 463 g/mol. The number of ether oxygens (including phenoxy) is 1. The standard InChI is InChI=1S/C23H25ClF3NO3S/c1-5-16(8-13(2)12-31-23(3,4)30)32-20-9-14(6-7-17(20)24)22(29)28-15-10-18(25)21(27)19(26)11-15/h5-7,9-11,13,16,30H,1,8,12H2,2-4H3,(H,28,29)/t13?,16-/m1/s1. The van der Waals surface area contributed by atoms with Crippen molar-refractivity contribution in [1.29, 1.82) is 0 Å². The van der Waals surface area contributed by atoms with Crippen LogP contribution in [0.25, 0.3) is 0 Å². The number of amides is 1. The Kier molecular flexibility index (Phi) is 9.21. The topological polar surface area (TPSA) is 58.6 Å². The van der Waals surface area contributed by atoms with Crippen LogP contribution in [0, 0.1) is 23.4 Å². The second kappa shape index (κ2) is 11.2. The summed E-state index contributed by atoms with van der Waals surface area (Å²) >= 11 is 7.70. The molecule has 0 saturated carbocycles. The van der Waals surface area contributed by atoms with E-state index in [1.807, 2.05) is 6.92 Å². The van der Waals surface area contributed by atoms with E-state index in [4.69, 9.17) is 16.3 Å².